The predicted molar refractivity (Wildman–Crippen MR) is 57.8 cm³/mol. The highest BCUT2D eigenvalue weighted by molar-refractivity contribution is 5.72. The van der Waals surface area contributed by atoms with Crippen LogP contribution in [0.2, 0.25) is 0 Å². The van der Waals surface area contributed by atoms with Crippen molar-refractivity contribution in [2.24, 2.45) is 0 Å². The zero-order valence-corrected chi connectivity index (χ0v) is 9.01. The Labute approximate surface area is 82.2 Å². The van der Waals surface area contributed by atoms with Crippen molar-refractivity contribution in [3.05, 3.63) is 11.6 Å². The van der Waals surface area contributed by atoms with Crippen LogP contribution in [0.3, 0.4) is 0 Å². The van der Waals surface area contributed by atoms with Crippen LogP contribution in [-0.2, 0) is 4.79 Å². The summed E-state index contributed by atoms with van der Waals surface area (Å²) in [6.07, 6.45) is 11.2. The molecule has 0 aliphatic heterocycles. The summed E-state index contributed by atoms with van der Waals surface area (Å²) in [5, 5.41) is 0. The molecule has 0 heterocycles. The number of hydrogen-bond donors (Lipinski definition) is 0. The van der Waals surface area contributed by atoms with Crippen LogP contribution >= 0.6 is 0 Å². The number of aldehydes is 1. The molecule has 0 radical (unpaired) electrons. The number of hydrogen-bond acceptors (Lipinski definition) is 1. The Morgan fingerprint density at radius 1 is 1.08 bits per heavy atom. The summed E-state index contributed by atoms with van der Waals surface area (Å²) in [7, 11) is 0. The summed E-state index contributed by atoms with van der Waals surface area (Å²) >= 11 is 0. The van der Waals surface area contributed by atoms with Gasteiger partial charge in [0.25, 0.3) is 0 Å². The van der Waals surface area contributed by atoms with Crippen molar-refractivity contribution in [1.82, 2.24) is 0 Å². The van der Waals surface area contributed by atoms with Crippen molar-refractivity contribution in [2.45, 2.75) is 58.8 Å². The Bertz CT molecular complexity index is 147. The fourth-order valence-corrected chi connectivity index (χ4v) is 1.28. The summed E-state index contributed by atoms with van der Waals surface area (Å²) in [6, 6.07) is 0. The number of rotatable bonds is 8. The number of carbonyl (C=O) groups excluding carboxylic acids is 1. The monoisotopic (exact) mass is 182 g/mol. The molecule has 13 heavy (non-hydrogen) atoms. The molecule has 0 saturated heterocycles. The van der Waals surface area contributed by atoms with E-state index in [1.807, 2.05) is 0 Å². The summed E-state index contributed by atoms with van der Waals surface area (Å²) in [6.45, 7) is 4.35. The van der Waals surface area contributed by atoms with Crippen molar-refractivity contribution in [1.29, 1.82) is 0 Å². The van der Waals surface area contributed by atoms with Crippen molar-refractivity contribution in [3.63, 3.8) is 0 Å². The lowest BCUT2D eigenvalue weighted by atomic mass is 10.1. The number of unbranched alkanes of at least 4 members (excludes halogenated alkanes) is 4. The molecule has 0 aromatic carbocycles. The minimum absolute atomic E-state index is 0.973. The average molecular weight is 182 g/mol. The van der Waals surface area contributed by atoms with E-state index < -0.39 is 0 Å². The fourth-order valence-electron chi connectivity index (χ4n) is 1.28. The van der Waals surface area contributed by atoms with Gasteiger partial charge in [-0.1, -0.05) is 45.6 Å². The first kappa shape index (κ1) is 12.4. The number of allylic oxidation sites excluding steroid dienone is 2. The van der Waals surface area contributed by atoms with Gasteiger partial charge < -0.3 is 0 Å². The van der Waals surface area contributed by atoms with Gasteiger partial charge in [-0.3, -0.25) is 4.79 Å². The molecule has 0 spiro atoms. The highest BCUT2D eigenvalue weighted by Crippen LogP contribution is 2.08. The van der Waals surface area contributed by atoms with Crippen LogP contribution in [0.15, 0.2) is 11.6 Å². The highest BCUT2D eigenvalue weighted by atomic mass is 16.1. The van der Waals surface area contributed by atoms with Gasteiger partial charge in [0.05, 0.1) is 0 Å². The summed E-state index contributed by atoms with van der Waals surface area (Å²) < 4.78 is 0. The average Bonchev–Trinajstić information content (AvgIpc) is 2.16. The van der Waals surface area contributed by atoms with E-state index in [0.29, 0.717) is 0 Å². The lowest BCUT2D eigenvalue weighted by molar-refractivity contribution is -0.105. The van der Waals surface area contributed by atoms with Crippen molar-refractivity contribution >= 4 is 6.29 Å². The van der Waals surface area contributed by atoms with Crippen molar-refractivity contribution in [2.75, 3.05) is 0 Å². The zero-order chi connectivity index (χ0) is 9.94. The second-order valence-corrected chi connectivity index (χ2v) is 3.50. The second-order valence-electron chi connectivity index (χ2n) is 3.50. The van der Waals surface area contributed by atoms with Gasteiger partial charge in [0.15, 0.2) is 0 Å². The molecule has 0 N–H and O–H groups in total. The van der Waals surface area contributed by atoms with Crippen LogP contribution in [0.4, 0.5) is 0 Å². The standard InChI is InChI=1S/C12H22O/c1-3-5-7-9-12(11-13)10-8-6-4-2/h9,11H,3-8,10H2,1-2H3/b12-9+. The van der Waals surface area contributed by atoms with Gasteiger partial charge in [-0.05, 0) is 24.8 Å². The van der Waals surface area contributed by atoms with Crippen LogP contribution < -0.4 is 0 Å². The van der Waals surface area contributed by atoms with Gasteiger partial charge in [0.1, 0.15) is 6.29 Å². The molecule has 0 aromatic rings. The SMILES string of the molecule is CCCC/C=C(/C=O)CCCCC. The summed E-state index contributed by atoms with van der Waals surface area (Å²) in [5.74, 6) is 0. The van der Waals surface area contributed by atoms with E-state index in [4.69, 9.17) is 0 Å². The molecule has 1 nitrogen and oxygen atoms in total. The summed E-state index contributed by atoms with van der Waals surface area (Å²) in [5.41, 5.74) is 1.00. The Morgan fingerprint density at radius 3 is 2.31 bits per heavy atom. The molecule has 0 amide bonds. The van der Waals surface area contributed by atoms with Gasteiger partial charge in [-0.2, -0.15) is 0 Å². The smallest absolute Gasteiger partial charge is 0.145 e. The van der Waals surface area contributed by atoms with Crippen molar-refractivity contribution in [3.8, 4) is 0 Å². The van der Waals surface area contributed by atoms with Gasteiger partial charge >= 0.3 is 0 Å². The third kappa shape index (κ3) is 7.76. The van der Waals surface area contributed by atoms with Crippen LogP contribution in [-0.4, -0.2) is 6.29 Å². The van der Waals surface area contributed by atoms with E-state index in [0.717, 1.165) is 31.1 Å². The fraction of sp³-hybridized carbons (Fsp3) is 0.750. The molecule has 0 bridgehead atoms. The molecule has 0 atom stereocenters. The van der Waals surface area contributed by atoms with E-state index in [1.54, 1.807) is 0 Å². The maximum atomic E-state index is 10.6. The lowest BCUT2D eigenvalue weighted by Crippen LogP contribution is -1.86. The molecule has 0 fully saturated rings. The van der Waals surface area contributed by atoms with Gasteiger partial charge in [-0.25, -0.2) is 0 Å². The van der Waals surface area contributed by atoms with Crippen LogP contribution in [0.5, 0.6) is 0 Å². The quantitative estimate of drug-likeness (QED) is 0.316. The Hall–Kier alpha value is -0.590. The lowest BCUT2D eigenvalue weighted by Gasteiger charge is -1.98. The largest absolute Gasteiger partial charge is 0.298 e. The maximum Gasteiger partial charge on any atom is 0.145 e. The molecular weight excluding hydrogens is 160 g/mol. The third-order valence-corrected chi connectivity index (χ3v) is 2.18. The number of carbonyl (C=O) groups is 1. The highest BCUT2D eigenvalue weighted by Gasteiger charge is 1.94. The first-order valence-corrected chi connectivity index (χ1v) is 5.49. The van der Waals surface area contributed by atoms with Gasteiger partial charge in [0, 0.05) is 0 Å². The Morgan fingerprint density at radius 2 is 1.77 bits per heavy atom. The molecule has 0 aliphatic carbocycles. The van der Waals surface area contributed by atoms with E-state index in [1.165, 1.54) is 25.7 Å². The van der Waals surface area contributed by atoms with Crippen LogP contribution in [0.1, 0.15) is 58.8 Å². The molecule has 0 rings (SSSR count). The molecule has 0 saturated carbocycles. The van der Waals surface area contributed by atoms with E-state index in [2.05, 4.69) is 19.9 Å². The van der Waals surface area contributed by atoms with E-state index in [9.17, 15) is 4.79 Å². The van der Waals surface area contributed by atoms with Crippen molar-refractivity contribution < 1.29 is 4.79 Å². The molecular formula is C12H22O. The second kappa shape index (κ2) is 9.50. The molecule has 0 aliphatic rings. The maximum absolute atomic E-state index is 10.6. The molecule has 0 aromatic heterocycles. The van der Waals surface area contributed by atoms with Gasteiger partial charge in [0.2, 0.25) is 0 Å². The van der Waals surface area contributed by atoms with Gasteiger partial charge in [-0.15, -0.1) is 0 Å². The minimum Gasteiger partial charge on any atom is -0.298 e. The molecule has 76 valence electrons. The third-order valence-electron chi connectivity index (χ3n) is 2.18. The molecule has 0 unspecified atom stereocenters. The van der Waals surface area contributed by atoms with Crippen LogP contribution in [0, 0.1) is 0 Å². The van der Waals surface area contributed by atoms with E-state index in [-0.39, 0.29) is 0 Å². The first-order chi connectivity index (χ1) is 6.35. The topological polar surface area (TPSA) is 17.1 Å². The summed E-state index contributed by atoms with van der Waals surface area (Å²) in [4.78, 5) is 10.6. The van der Waals surface area contributed by atoms with Crippen LogP contribution in [0.25, 0.3) is 0 Å². The normalized spacial score (nSPS) is 11.7. The minimum atomic E-state index is 0.973. The zero-order valence-electron chi connectivity index (χ0n) is 9.01. The first-order valence-electron chi connectivity index (χ1n) is 5.49. The van der Waals surface area contributed by atoms with E-state index >= 15 is 0 Å². The predicted octanol–water partition coefficient (Wildman–Crippen LogP) is 3.88. The Balaban J connectivity index is 3.60. The Kier molecular flexibility index (Phi) is 9.07. The molecule has 1 heteroatoms.